The van der Waals surface area contributed by atoms with E-state index in [1.807, 2.05) is 6.92 Å². The number of hydrogen-bond acceptors (Lipinski definition) is 4. The lowest BCUT2D eigenvalue weighted by Gasteiger charge is -2.39. The highest BCUT2D eigenvalue weighted by Crippen LogP contribution is 2.28. The number of carbonyl (C=O) groups excluding carboxylic acids is 1. The van der Waals surface area contributed by atoms with Crippen molar-refractivity contribution in [3.63, 3.8) is 0 Å². The van der Waals surface area contributed by atoms with Crippen molar-refractivity contribution in [3.05, 3.63) is 12.7 Å². The molecule has 2 atom stereocenters. The van der Waals surface area contributed by atoms with Crippen LogP contribution in [0.5, 0.6) is 0 Å². The molecule has 0 aromatic carbocycles. The largest absolute Gasteiger partial charge is 0.460 e. The fourth-order valence-corrected chi connectivity index (χ4v) is 15.6. The Bertz CT molecular complexity index is 411. The van der Waals surface area contributed by atoms with E-state index in [1.54, 1.807) is 0 Å². The average molecular weight is 405 g/mol. The van der Waals surface area contributed by atoms with Crippen LogP contribution in [0.4, 0.5) is 0 Å². The van der Waals surface area contributed by atoms with Crippen LogP contribution < -0.4 is 0 Å². The molecule has 25 heavy (non-hydrogen) atoms. The number of hydrogen-bond donors (Lipinski definition) is 0. The van der Waals surface area contributed by atoms with Gasteiger partial charge in [0, 0.05) is 6.08 Å². The Hall–Kier alpha value is -0.219. The van der Waals surface area contributed by atoms with Gasteiger partial charge in [-0.1, -0.05) is 13.5 Å². The highest BCUT2D eigenvalue weighted by atomic mass is 28.5. The molecule has 0 aromatic heterocycles. The Morgan fingerprint density at radius 1 is 0.920 bits per heavy atom. The summed E-state index contributed by atoms with van der Waals surface area (Å²) in [5, 5.41) is 0. The van der Waals surface area contributed by atoms with Gasteiger partial charge in [-0.25, -0.2) is 4.79 Å². The molecule has 0 N–H and O–H groups in total. The molecule has 0 aliphatic carbocycles. The van der Waals surface area contributed by atoms with Gasteiger partial charge in [0.2, 0.25) is 0 Å². The number of ether oxygens (including phenoxy) is 1. The molecule has 0 saturated heterocycles. The summed E-state index contributed by atoms with van der Waals surface area (Å²) in [6, 6.07) is 1.03. The van der Waals surface area contributed by atoms with Crippen molar-refractivity contribution in [1.29, 1.82) is 0 Å². The van der Waals surface area contributed by atoms with Crippen molar-refractivity contribution < 1.29 is 17.8 Å². The molecular weight excluding hydrogens is 364 g/mol. The van der Waals surface area contributed by atoms with Crippen LogP contribution in [0, 0.1) is 5.92 Å². The van der Waals surface area contributed by atoms with Crippen LogP contribution in [0.2, 0.25) is 51.9 Å². The van der Waals surface area contributed by atoms with Crippen molar-refractivity contribution in [3.8, 4) is 0 Å². The summed E-state index contributed by atoms with van der Waals surface area (Å²) >= 11 is 0. The predicted octanol–water partition coefficient (Wildman–Crippen LogP) is 5.69. The molecule has 0 spiro atoms. The maximum Gasteiger partial charge on any atom is 0.330 e. The first-order chi connectivity index (χ1) is 11.2. The van der Waals surface area contributed by atoms with Crippen LogP contribution in [-0.2, 0) is 17.8 Å². The van der Waals surface area contributed by atoms with E-state index in [0.717, 1.165) is 25.3 Å². The summed E-state index contributed by atoms with van der Waals surface area (Å²) in [6.45, 7) is 23.3. The summed E-state index contributed by atoms with van der Waals surface area (Å²) in [5.41, 5.74) is 0. The zero-order chi connectivity index (χ0) is 19.9. The summed E-state index contributed by atoms with van der Waals surface area (Å²) < 4.78 is 18.3. The predicted molar refractivity (Wildman–Crippen MR) is 114 cm³/mol. The Balaban J connectivity index is 4.57. The van der Waals surface area contributed by atoms with Gasteiger partial charge in [0.25, 0.3) is 0 Å². The van der Waals surface area contributed by atoms with E-state index in [9.17, 15) is 4.79 Å². The second-order valence-electron chi connectivity index (χ2n) is 9.24. The van der Waals surface area contributed by atoms with Gasteiger partial charge in [-0.2, -0.15) is 0 Å². The van der Waals surface area contributed by atoms with E-state index in [0.29, 0.717) is 5.92 Å². The van der Waals surface area contributed by atoms with Gasteiger partial charge >= 0.3 is 14.5 Å². The van der Waals surface area contributed by atoms with Crippen LogP contribution in [0.15, 0.2) is 12.7 Å². The monoisotopic (exact) mass is 404 g/mol. The van der Waals surface area contributed by atoms with E-state index in [1.165, 1.54) is 6.08 Å². The first-order valence-electron chi connectivity index (χ1n) is 9.39. The second kappa shape index (κ2) is 10.2. The van der Waals surface area contributed by atoms with E-state index in [2.05, 4.69) is 59.3 Å². The third kappa shape index (κ3) is 13.6. The van der Waals surface area contributed by atoms with E-state index < -0.39 is 25.2 Å². The number of rotatable bonds is 12. The van der Waals surface area contributed by atoms with Crippen molar-refractivity contribution in [2.45, 2.75) is 91.1 Å². The van der Waals surface area contributed by atoms with Crippen molar-refractivity contribution >= 4 is 31.2 Å². The molecule has 0 rings (SSSR count). The minimum atomic E-state index is -2.15. The minimum absolute atomic E-state index is 0.0620. The Labute approximate surface area is 158 Å². The number of esters is 1. The zero-order valence-corrected chi connectivity index (χ0v) is 20.9. The molecule has 0 aliphatic rings. The molecule has 4 nitrogen and oxygen atoms in total. The van der Waals surface area contributed by atoms with Crippen LogP contribution in [-0.4, -0.2) is 37.3 Å². The summed E-state index contributed by atoms with van der Waals surface area (Å²) in [4.78, 5) is 11.2. The quantitative estimate of drug-likeness (QED) is 0.238. The molecule has 0 heterocycles. The number of carbonyl (C=O) groups is 1. The molecule has 2 unspecified atom stereocenters. The molecule has 148 valence electrons. The van der Waals surface area contributed by atoms with Crippen LogP contribution in [0.1, 0.15) is 33.1 Å². The summed E-state index contributed by atoms with van der Waals surface area (Å²) in [7, 11) is -5.41. The lowest BCUT2D eigenvalue weighted by Crippen LogP contribution is -2.52. The maximum absolute atomic E-state index is 11.2. The molecule has 0 fully saturated rings. The third-order valence-electron chi connectivity index (χ3n) is 3.69. The van der Waals surface area contributed by atoms with Gasteiger partial charge in [0.15, 0.2) is 16.6 Å². The van der Waals surface area contributed by atoms with Crippen LogP contribution in [0.25, 0.3) is 0 Å². The van der Waals surface area contributed by atoms with E-state index in [4.69, 9.17) is 13.0 Å². The van der Waals surface area contributed by atoms with Crippen molar-refractivity contribution in [2.24, 2.45) is 5.92 Å². The van der Waals surface area contributed by atoms with Crippen LogP contribution in [0.3, 0.4) is 0 Å². The van der Waals surface area contributed by atoms with Gasteiger partial charge in [-0.05, 0) is 84.0 Å². The molecule has 0 bridgehead atoms. The second-order valence-corrected chi connectivity index (χ2v) is 22.1. The standard InChI is InChI=1S/C18H40O4Si3/c1-11-18(19)20-17(3)13-12-16(2)14-15-25(10,21-23(4,5)6)22-24(7,8)9/h11,16-17H,1,12-15H2,2-10H3. The fraction of sp³-hybridized carbons (Fsp3) is 0.833. The van der Waals surface area contributed by atoms with E-state index >= 15 is 0 Å². The SMILES string of the molecule is C=CC(=O)OC(C)CCC(C)CC[Si](C)(O[Si](C)(C)C)O[Si](C)(C)C. The van der Waals surface area contributed by atoms with Gasteiger partial charge in [-0.3, -0.25) is 0 Å². The average Bonchev–Trinajstić information content (AvgIpc) is 2.38. The summed E-state index contributed by atoms with van der Waals surface area (Å²) in [6.07, 6.45) is 4.17. The highest BCUT2D eigenvalue weighted by molar-refractivity contribution is 6.87. The smallest absolute Gasteiger partial charge is 0.330 e. The fourth-order valence-electron chi connectivity index (χ4n) is 2.90. The topological polar surface area (TPSA) is 44.8 Å². The third-order valence-corrected chi connectivity index (χ3v) is 13.2. The summed E-state index contributed by atoms with van der Waals surface area (Å²) in [5.74, 6) is 0.222. The normalized spacial score (nSPS) is 15.6. The van der Waals surface area contributed by atoms with Gasteiger partial charge in [-0.15, -0.1) is 0 Å². The molecule has 0 amide bonds. The molecule has 0 aromatic rings. The van der Waals surface area contributed by atoms with Gasteiger partial charge < -0.3 is 13.0 Å². The first-order valence-corrected chi connectivity index (χ1v) is 18.7. The van der Waals surface area contributed by atoms with Crippen molar-refractivity contribution in [2.75, 3.05) is 0 Å². The minimum Gasteiger partial charge on any atom is -0.460 e. The Morgan fingerprint density at radius 3 is 1.80 bits per heavy atom. The lowest BCUT2D eigenvalue weighted by atomic mass is 10.0. The van der Waals surface area contributed by atoms with Gasteiger partial charge in [0.1, 0.15) is 0 Å². The molecular formula is C18H40O4Si3. The zero-order valence-electron chi connectivity index (χ0n) is 17.9. The molecule has 0 saturated carbocycles. The van der Waals surface area contributed by atoms with Crippen molar-refractivity contribution in [1.82, 2.24) is 0 Å². The van der Waals surface area contributed by atoms with E-state index in [-0.39, 0.29) is 12.1 Å². The van der Waals surface area contributed by atoms with Crippen LogP contribution >= 0.6 is 0 Å². The maximum atomic E-state index is 11.2. The Morgan fingerprint density at radius 2 is 1.40 bits per heavy atom. The first kappa shape index (κ1) is 24.8. The highest BCUT2D eigenvalue weighted by Gasteiger charge is 2.40. The lowest BCUT2D eigenvalue weighted by molar-refractivity contribution is -0.142. The molecule has 0 aliphatic heterocycles. The Kier molecular flexibility index (Phi) is 10.1. The molecule has 0 radical (unpaired) electrons. The van der Waals surface area contributed by atoms with Gasteiger partial charge in [0.05, 0.1) is 6.10 Å². The molecule has 7 heteroatoms.